The highest BCUT2D eigenvalue weighted by atomic mass is 79.9. The number of amides is 1. The van der Waals surface area contributed by atoms with Gasteiger partial charge in [-0.3, -0.25) is 4.79 Å². The Balaban J connectivity index is 2.70. The summed E-state index contributed by atoms with van der Waals surface area (Å²) in [5.74, 6) is 0.538. The smallest absolute Gasteiger partial charge is 0.251 e. The average molecular weight is 284 g/mol. The van der Waals surface area contributed by atoms with Crippen LogP contribution >= 0.6 is 15.9 Å². The first-order chi connectivity index (χ1) is 7.56. The average Bonchev–Trinajstić information content (AvgIpc) is 2.29. The van der Waals surface area contributed by atoms with Gasteiger partial charge in [0.1, 0.15) is 0 Å². The fourth-order valence-corrected chi connectivity index (χ4v) is 1.73. The molecule has 0 saturated heterocycles. The molecule has 0 radical (unpaired) electrons. The SMILES string of the molecule is CCC(C)CNC(=O)c1cccc(Br)c1C. The summed E-state index contributed by atoms with van der Waals surface area (Å²) in [7, 11) is 0. The van der Waals surface area contributed by atoms with E-state index in [0.717, 1.165) is 28.6 Å². The Hall–Kier alpha value is -0.830. The molecule has 1 amide bonds. The molecule has 0 aliphatic rings. The molecular formula is C13H18BrNO. The summed E-state index contributed by atoms with van der Waals surface area (Å²) >= 11 is 3.43. The van der Waals surface area contributed by atoms with Gasteiger partial charge in [0.25, 0.3) is 5.91 Å². The van der Waals surface area contributed by atoms with E-state index < -0.39 is 0 Å². The second-order valence-corrected chi connectivity index (χ2v) is 4.99. The van der Waals surface area contributed by atoms with Crippen molar-refractivity contribution in [2.75, 3.05) is 6.54 Å². The van der Waals surface area contributed by atoms with E-state index in [1.807, 2.05) is 25.1 Å². The van der Waals surface area contributed by atoms with Gasteiger partial charge in [-0.15, -0.1) is 0 Å². The van der Waals surface area contributed by atoms with Gasteiger partial charge in [-0.2, -0.15) is 0 Å². The van der Waals surface area contributed by atoms with Crippen LogP contribution in [-0.2, 0) is 0 Å². The van der Waals surface area contributed by atoms with Crippen molar-refractivity contribution < 1.29 is 4.79 Å². The van der Waals surface area contributed by atoms with Crippen LogP contribution in [-0.4, -0.2) is 12.5 Å². The molecule has 0 aliphatic heterocycles. The molecule has 0 heterocycles. The molecule has 88 valence electrons. The Morgan fingerprint density at radius 2 is 2.19 bits per heavy atom. The molecule has 2 nitrogen and oxygen atoms in total. The first-order valence-corrected chi connectivity index (χ1v) is 6.38. The van der Waals surface area contributed by atoms with Gasteiger partial charge in [0.2, 0.25) is 0 Å². The summed E-state index contributed by atoms with van der Waals surface area (Å²) in [6.45, 7) is 6.94. The molecule has 0 aromatic heterocycles. The van der Waals surface area contributed by atoms with Crippen LogP contribution in [0.25, 0.3) is 0 Å². The van der Waals surface area contributed by atoms with Gasteiger partial charge in [-0.25, -0.2) is 0 Å². The number of nitrogens with one attached hydrogen (secondary N) is 1. The molecule has 1 atom stereocenters. The molecule has 0 aliphatic carbocycles. The number of rotatable bonds is 4. The van der Waals surface area contributed by atoms with Gasteiger partial charge in [-0.1, -0.05) is 42.3 Å². The quantitative estimate of drug-likeness (QED) is 0.900. The van der Waals surface area contributed by atoms with E-state index in [0.29, 0.717) is 5.92 Å². The first-order valence-electron chi connectivity index (χ1n) is 5.59. The lowest BCUT2D eigenvalue weighted by molar-refractivity contribution is 0.0947. The van der Waals surface area contributed by atoms with Crippen molar-refractivity contribution in [1.82, 2.24) is 5.32 Å². The van der Waals surface area contributed by atoms with E-state index in [1.165, 1.54) is 0 Å². The lowest BCUT2D eigenvalue weighted by atomic mass is 10.1. The third kappa shape index (κ3) is 3.34. The van der Waals surface area contributed by atoms with Crippen LogP contribution in [0.3, 0.4) is 0 Å². The standard InChI is InChI=1S/C13H18BrNO/c1-4-9(2)8-15-13(16)11-6-5-7-12(14)10(11)3/h5-7,9H,4,8H2,1-3H3,(H,15,16). The predicted octanol–water partition coefficient (Wildman–Crippen LogP) is 3.53. The van der Waals surface area contributed by atoms with Gasteiger partial charge in [-0.05, 0) is 30.5 Å². The minimum atomic E-state index is 0.0131. The topological polar surface area (TPSA) is 29.1 Å². The lowest BCUT2D eigenvalue weighted by Crippen LogP contribution is -2.28. The third-order valence-electron chi connectivity index (χ3n) is 2.82. The maximum absolute atomic E-state index is 11.9. The van der Waals surface area contributed by atoms with Crippen LogP contribution in [0, 0.1) is 12.8 Å². The zero-order valence-electron chi connectivity index (χ0n) is 10.0. The maximum atomic E-state index is 11.9. The highest BCUT2D eigenvalue weighted by Crippen LogP contribution is 2.19. The number of carbonyl (C=O) groups is 1. The van der Waals surface area contributed by atoms with Gasteiger partial charge >= 0.3 is 0 Å². The van der Waals surface area contributed by atoms with Crippen molar-refractivity contribution in [3.8, 4) is 0 Å². The second-order valence-electron chi connectivity index (χ2n) is 4.14. The zero-order chi connectivity index (χ0) is 12.1. The van der Waals surface area contributed by atoms with E-state index in [-0.39, 0.29) is 5.91 Å². The van der Waals surface area contributed by atoms with Crippen molar-refractivity contribution in [3.05, 3.63) is 33.8 Å². The highest BCUT2D eigenvalue weighted by molar-refractivity contribution is 9.10. The number of carbonyl (C=O) groups excluding carboxylic acids is 1. The fourth-order valence-electron chi connectivity index (χ4n) is 1.36. The lowest BCUT2D eigenvalue weighted by Gasteiger charge is -2.12. The fraction of sp³-hybridized carbons (Fsp3) is 0.462. The molecule has 1 unspecified atom stereocenters. The van der Waals surface area contributed by atoms with Crippen LogP contribution < -0.4 is 5.32 Å². The molecule has 0 fully saturated rings. The monoisotopic (exact) mass is 283 g/mol. The van der Waals surface area contributed by atoms with Crippen molar-refractivity contribution in [1.29, 1.82) is 0 Å². The summed E-state index contributed by atoms with van der Waals surface area (Å²) < 4.78 is 0.976. The van der Waals surface area contributed by atoms with Crippen LogP contribution in [0.2, 0.25) is 0 Å². The Kier molecular flexibility index (Phi) is 5.00. The van der Waals surface area contributed by atoms with Gasteiger partial charge in [0, 0.05) is 16.6 Å². The summed E-state index contributed by atoms with van der Waals surface area (Å²) in [5, 5.41) is 2.96. The molecule has 1 rings (SSSR count). The summed E-state index contributed by atoms with van der Waals surface area (Å²) in [5.41, 5.74) is 1.74. The van der Waals surface area contributed by atoms with E-state index in [1.54, 1.807) is 0 Å². The number of halogens is 1. The van der Waals surface area contributed by atoms with Crippen LogP contribution in [0.15, 0.2) is 22.7 Å². The number of benzene rings is 1. The summed E-state index contributed by atoms with van der Waals surface area (Å²) in [6.07, 6.45) is 1.08. The van der Waals surface area contributed by atoms with Crippen molar-refractivity contribution >= 4 is 21.8 Å². The molecule has 0 bridgehead atoms. The molecule has 1 aromatic carbocycles. The molecule has 1 aromatic rings. The molecule has 16 heavy (non-hydrogen) atoms. The summed E-state index contributed by atoms with van der Waals surface area (Å²) in [4.78, 5) is 11.9. The van der Waals surface area contributed by atoms with Gasteiger partial charge in [0.05, 0.1) is 0 Å². The minimum Gasteiger partial charge on any atom is -0.352 e. The molecule has 0 spiro atoms. The van der Waals surface area contributed by atoms with E-state index >= 15 is 0 Å². The minimum absolute atomic E-state index is 0.0131. The van der Waals surface area contributed by atoms with Gasteiger partial charge in [0.15, 0.2) is 0 Å². The number of hydrogen-bond donors (Lipinski definition) is 1. The van der Waals surface area contributed by atoms with Crippen molar-refractivity contribution in [2.45, 2.75) is 27.2 Å². The molecule has 3 heteroatoms. The van der Waals surface area contributed by atoms with Crippen molar-refractivity contribution in [3.63, 3.8) is 0 Å². The van der Waals surface area contributed by atoms with Crippen molar-refractivity contribution in [2.24, 2.45) is 5.92 Å². The third-order valence-corrected chi connectivity index (χ3v) is 3.68. The molecular weight excluding hydrogens is 266 g/mol. The van der Waals surface area contributed by atoms with E-state index in [9.17, 15) is 4.79 Å². The van der Waals surface area contributed by atoms with Crippen LogP contribution in [0.5, 0.6) is 0 Å². The first kappa shape index (κ1) is 13.2. The Morgan fingerprint density at radius 1 is 1.50 bits per heavy atom. The summed E-state index contributed by atoms with van der Waals surface area (Å²) in [6, 6.07) is 5.68. The Bertz CT molecular complexity index is 376. The van der Waals surface area contributed by atoms with Gasteiger partial charge < -0.3 is 5.32 Å². The zero-order valence-corrected chi connectivity index (χ0v) is 11.6. The molecule has 1 N–H and O–H groups in total. The Labute approximate surface area is 106 Å². The Morgan fingerprint density at radius 3 is 2.81 bits per heavy atom. The van der Waals surface area contributed by atoms with E-state index in [2.05, 4.69) is 35.1 Å². The van der Waals surface area contributed by atoms with Crippen LogP contribution in [0.4, 0.5) is 0 Å². The largest absolute Gasteiger partial charge is 0.352 e. The molecule has 0 saturated carbocycles. The predicted molar refractivity (Wildman–Crippen MR) is 70.7 cm³/mol. The second kappa shape index (κ2) is 6.04. The number of hydrogen-bond acceptors (Lipinski definition) is 1. The van der Waals surface area contributed by atoms with E-state index in [4.69, 9.17) is 0 Å². The normalized spacial score (nSPS) is 12.2. The van der Waals surface area contributed by atoms with Crippen LogP contribution in [0.1, 0.15) is 36.2 Å². The maximum Gasteiger partial charge on any atom is 0.251 e. The highest BCUT2D eigenvalue weighted by Gasteiger charge is 2.10.